The van der Waals surface area contributed by atoms with Crippen LogP contribution in [0.25, 0.3) is 10.8 Å². The Morgan fingerprint density at radius 2 is 1.91 bits per heavy atom. The number of amides is 2. The predicted molar refractivity (Wildman–Crippen MR) is 121 cm³/mol. The third-order valence-corrected chi connectivity index (χ3v) is 4.92. The maximum atomic E-state index is 14.2. The number of nitrogens with one attached hydrogen (secondary N) is 2. The average Bonchev–Trinajstić information content (AvgIpc) is 2.76. The molecule has 0 radical (unpaired) electrons. The zero-order chi connectivity index (χ0) is 25.4. The summed E-state index contributed by atoms with van der Waals surface area (Å²) in [5.41, 5.74) is 0.809. The van der Waals surface area contributed by atoms with Gasteiger partial charge in [-0.1, -0.05) is 25.8 Å². The van der Waals surface area contributed by atoms with Crippen LogP contribution in [0, 0.1) is 18.2 Å². The van der Waals surface area contributed by atoms with E-state index in [1.54, 1.807) is 6.07 Å². The highest BCUT2D eigenvalue weighted by atomic mass is 19.1. The number of carbonyl (C=O) groups is 4. The molecule has 2 aromatic rings. The smallest absolute Gasteiger partial charge is 0.413 e. The number of benzene rings is 2. The van der Waals surface area contributed by atoms with Gasteiger partial charge in [0, 0.05) is 11.8 Å². The fourth-order valence-corrected chi connectivity index (χ4v) is 3.26. The van der Waals surface area contributed by atoms with Gasteiger partial charge in [-0.2, -0.15) is 0 Å². The van der Waals surface area contributed by atoms with E-state index in [1.807, 2.05) is 13.8 Å². The number of fused-ring (bicyclic) bond motifs is 1. The minimum Gasteiger partial charge on any atom is -0.481 e. The fraction of sp³-hybridized carbons (Fsp3) is 0.333. The molecule has 0 aliphatic carbocycles. The summed E-state index contributed by atoms with van der Waals surface area (Å²) in [5, 5.41) is 14.5. The molecule has 9 nitrogen and oxygen atoms in total. The molecule has 2 atom stereocenters. The number of aliphatic carboxylic acids is 1. The Balaban J connectivity index is 2.14. The molecule has 0 heterocycles. The van der Waals surface area contributed by atoms with Crippen molar-refractivity contribution in [3.63, 3.8) is 0 Å². The highest BCUT2D eigenvalue weighted by molar-refractivity contribution is 5.93. The van der Waals surface area contributed by atoms with Crippen LogP contribution in [0.2, 0.25) is 0 Å². The van der Waals surface area contributed by atoms with Crippen molar-refractivity contribution in [1.29, 1.82) is 0 Å². The van der Waals surface area contributed by atoms with E-state index >= 15 is 0 Å². The number of carboxylic acid groups (broad SMARTS) is 1. The zero-order valence-corrected chi connectivity index (χ0v) is 18.9. The topological polar surface area (TPSA) is 131 Å². The van der Waals surface area contributed by atoms with Gasteiger partial charge in [-0.3, -0.25) is 14.4 Å². The molecular formula is C24H25FN2O7. The molecule has 0 saturated carbocycles. The van der Waals surface area contributed by atoms with Crippen LogP contribution in [-0.2, 0) is 19.1 Å². The van der Waals surface area contributed by atoms with Crippen molar-refractivity contribution in [2.75, 3.05) is 0 Å². The molecule has 0 fully saturated rings. The molecule has 0 spiro atoms. The van der Waals surface area contributed by atoms with Crippen LogP contribution in [0.15, 0.2) is 24.3 Å². The summed E-state index contributed by atoms with van der Waals surface area (Å²) in [6.07, 6.45) is 2.91. The Morgan fingerprint density at radius 1 is 1.21 bits per heavy atom. The molecule has 0 unspecified atom stereocenters. The van der Waals surface area contributed by atoms with Crippen LogP contribution in [0.4, 0.5) is 9.18 Å². The van der Waals surface area contributed by atoms with Gasteiger partial charge in [0.1, 0.15) is 17.6 Å². The number of hydrogen-bond donors (Lipinski definition) is 3. The molecule has 180 valence electrons. The predicted octanol–water partition coefficient (Wildman–Crippen LogP) is 3.04. The summed E-state index contributed by atoms with van der Waals surface area (Å²) in [6, 6.07) is 4.79. The van der Waals surface area contributed by atoms with E-state index in [2.05, 4.69) is 21.3 Å². The van der Waals surface area contributed by atoms with Gasteiger partial charge >= 0.3 is 12.1 Å². The Bertz CT molecular complexity index is 1140. The summed E-state index contributed by atoms with van der Waals surface area (Å²) in [5.74, 6) is 0.102. The lowest BCUT2D eigenvalue weighted by Crippen LogP contribution is -2.49. The fourth-order valence-electron chi connectivity index (χ4n) is 3.26. The van der Waals surface area contributed by atoms with E-state index in [9.17, 15) is 23.6 Å². The SMILES string of the molecule is C#Cc1c(F)ccc2cc(OC(=O)N[C@@H](C)C(=O)N[C@@H](CCC(=O)O)OC=O)cc(C(C)C)c12. The molecule has 0 aliphatic rings. The molecule has 10 heteroatoms. The Labute approximate surface area is 195 Å². The number of ether oxygens (including phenoxy) is 2. The van der Waals surface area contributed by atoms with E-state index in [4.69, 9.17) is 16.3 Å². The summed E-state index contributed by atoms with van der Waals surface area (Å²) in [7, 11) is 0. The lowest BCUT2D eigenvalue weighted by atomic mass is 9.92. The maximum Gasteiger partial charge on any atom is 0.413 e. The van der Waals surface area contributed by atoms with Crippen molar-refractivity contribution >= 4 is 35.2 Å². The average molecular weight is 472 g/mol. The van der Waals surface area contributed by atoms with Gasteiger partial charge in [0.05, 0.1) is 12.0 Å². The summed E-state index contributed by atoms with van der Waals surface area (Å²) in [4.78, 5) is 45.9. The lowest BCUT2D eigenvalue weighted by Gasteiger charge is -2.20. The summed E-state index contributed by atoms with van der Waals surface area (Å²) in [6.45, 7) is 5.23. The van der Waals surface area contributed by atoms with Crippen molar-refractivity contribution in [2.45, 2.75) is 51.8 Å². The second-order valence-corrected chi connectivity index (χ2v) is 7.75. The minimum atomic E-state index is -1.17. The quantitative estimate of drug-likeness (QED) is 0.275. The van der Waals surface area contributed by atoms with Gasteiger partial charge in [0.15, 0.2) is 6.23 Å². The van der Waals surface area contributed by atoms with Gasteiger partial charge in [-0.05, 0) is 42.0 Å². The number of rotatable bonds is 10. The van der Waals surface area contributed by atoms with Crippen molar-refractivity contribution in [1.82, 2.24) is 10.6 Å². The van der Waals surface area contributed by atoms with Crippen LogP contribution < -0.4 is 15.4 Å². The van der Waals surface area contributed by atoms with Gasteiger partial charge < -0.3 is 25.2 Å². The monoisotopic (exact) mass is 472 g/mol. The molecule has 34 heavy (non-hydrogen) atoms. The first kappa shape index (κ1) is 26.1. The summed E-state index contributed by atoms with van der Waals surface area (Å²) >= 11 is 0. The number of halogens is 1. The number of terminal acetylenes is 1. The Hall–Kier alpha value is -4.13. The van der Waals surface area contributed by atoms with Crippen molar-refractivity contribution in [3.8, 4) is 18.1 Å². The number of carboxylic acids is 1. The van der Waals surface area contributed by atoms with Crippen molar-refractivity contribution in [3.05, 3.63) is 41.2 Å². The Morgan fingerprint density at radius 3 is 2.50 bits per heavy atom. The van der Waals surface area contributed by atoms with Crippen LogP contribution in [0.3, 0.4) is 0 Å². The molecule has 0 aliphatic heterocycles. The molecule has 2 aromatic carbocycles. The third kappa shape index (κ3) is 6.68. The van der Waals surface area contributed by atoms with Crippen molar-refractivity contribution < 1.29 is 38.1 Å². The molecule has 2 amide bonds. The highest BCUT2D eigenvalue weighted by Gasteiger charge is 2.22. The molecule has 2 rings (SSSR count). The molecule has 0 saturated heterocycles. The van der Waals surface area contributed by atoms with Gasteiger partial charge in [0.2, 0.25) is 5.91 Å². The van der Waals surface area contributed by atoms with E-state index < -0.39 is 36.1 Å². The second kappa shape index (κ2) is 11.7. The third-order valence-electron chi connectivity index (χ3n) is 4.92. The van der Waals surface area contributed by atoms with Crippen LogP contribution >= 0.6 is 0 Å². The van der Waals surface area contributed by atoms with E-state index in [1.165, 1.54) is 25.1 Å². The maximum absolute atomic E-state index is 14.2. The first-order valence-electron chi connectivity index (χ1n) is 10.4. The van der Waals surface area contributed by atoms with Gasteiger partial charge in [-0.25, -0.2) is 9.18 Å². The van der Waals surface area contributed by atoms with Crippen LogP contribution in [-0.4, -0.2) is 41.8 Å². The lowest BCUT2D eigenvalue weighted by molar-refractivity contribution is -0.144. The normalized spacial score (nSPS) is 12.4. The number of hydrogen-bond acceptors (Lipinski definition) is 6. The Kier molecular flexibility index (Phi) is 8.95. The first-order chi connectivity index (χ1) is 16.1. The van der Waals surface area contributed by atoms with Gasteiger partial charge in [-0.15, -0.1) is 6.42 Å². The first-order valence-corrected chi connectivity index (χ1v) is 10.4. The van der Waals surface area contributed by atoms with E-state index in [0.29, 0.717) is 16.3 Å². The molecule has 0 aromatic heterocycles. The molecule has 0 bridgehead atoms. The standard InChI is InChI=1S/C24H25FN2O7/c1-5-17-19(25)7-6-15-10-16(11-18(13(2)3)22(15)17)34-24(32)26-14(4)23(31)27-20(33-12-28)8-9-21(29)30/h1,6-7,10-14,20H,8-9H2,2-4H3,(H,26,32)(H,27,31)(H,29,30)/t14-,20+/m0/s1. The minimum absolute atomic E-state index is 0.0618. The van der Waals surface area contributed by atoms with Crippen molar-refractivity contribution in [2.24, 2.45) is 0 Å². The summed E-state index contributed by atoms with van der Waals surface area (Å²) < 4.78 is 24.2. The number of carbonyl (C=O) groups excluding carboxylic acids is 3. The van der Waals surface area contributed by atoms with Gasteiger partial charge in [0.25, 0.3) is 6.47 Å². The molecule has 3 N–H and O–H groups in total. The van der Waals surface area contributed by atoms with Crippen LogP contribution in [0.5, 0.6) is 5.75 Å². The second-order valence-electron chi connectivity index (χ2n) is 7.75. The van der Waals surface area contributed by atoms with E-state index in [0.717, 1.165) is 0 Å². The highest BCUT2D eigenvalue weighted by Crippen LogP contribution is 2.33. The largest absolute Gasteiger partial charge is 0.481 e. The zero-order valence-electron chi connectivity index (χ0n) is 18.9. The van der Waals surface area contributed by atoms with Crippen LogP contribution in [0.1, 0.15) is 50.7 Å². The van der Waals surface area contributed by atoms with E-state index in [-0.39, 0.29) is 36.5 Å². The molecular weight excluding hydrogens is 447 g/mol.